The number of halogens is 1. The molecule has 3 aromatic rings. The second-order valence-corrected chi connectivity index (χ2v) is 8.71. The number of H-pyrrole nitrogens is 1. The number of sulfonamides is 1. The third-order valence-electron chi connectivity index (χ3n) is 3.96. The van der Waals surface area contributed by atoms with E-state index in [0.717, 1.165) is 12.1 Å². The van der Waals surface area contributed by atoms with E-state index in [9.17, 15) is 22.4 Å². The van der Waals surface area contributed by atoms with E-state index >= 15 is 0 Å². The van der Waals surface area contributed by atoms with Crippen molar-refractivity contribution < 1.29 is 17.6 Å². The number of thiophene rings is 1. The molecule has 0 aliphatic carbocycles. The van der Waals surface area contributed by atoms with Gasteiger partial charge in [0.1, 0.15) is 21.2 Å². The highest BCUT2D eigenvalue weighted by Gasteiger charge is 2.26. The van der Waals surface area contributed by atoms with Gasteiger partial charge in [-0.15, -0.1) is 11.3 Å². The molecule has 0 fully saturated rings. The first-order valence-corrected chi connectivity index (χ1v) is 10.5. The van der Waals surface area contributed by atoms with Gasteiger partial charge in [0.25, 0.3) is 5.56 Å². The van der Waals surface area contributed by atoms with Crippen molar-refractivity contribution in [1.82, 2.24) is 19.6 Å². The van der Waals surface area contributed by atoms with Crippen LogP contribution in [0, 0.1) is 5.82 Å². The van der Waals surface area contributed by atoms with E-state index in [0.29, 0.717) is 10.2 Å². The van der Waals surface area contributed by atoms with Crippen molar-refractivity contribution in [3.05, 3.63) is 57.7 Å². The number of likely N-dealkylation sites (N-methyl/N-ethyl adjacent to an activating group) is 1. The zero-order chi connectivity index (χ0) is 20.5. The molecule has 0 radical (unpaired) electrons. The Morgan fingerprint density at radius 3 is 2.79 bits per heavy atom. The lowest BCUT2D eigenvalue weighted by molar-refractivity contribution is -0.131. The number of carbonyl (C=O) groups excluding carboxylic acids is 1. The molecule has 1 atom stereocenters. The SMILES string of the molecule is C[C@H](NS(=O)(=O)c1ccccc1F)C(=O)N(C)Cc1nc2ccsc2c(=O)[nH]1. The largest absolute Gasteiger partial charge is 0.337 e. The molecule has 8 nitrogen and oxygen atoms in total. The Morgan fingerprint density at radius 2 is 2.07 bits per heavy atom. The number of benzene rings is 1. The highest BCUT2D eigenvalue weighted by atomic mass is 32.2. The normalized spacial score (nSPS) is 12.8. The van der Waals surface area contributed by atoms with E-state index in [-0.39, 0.29) is 17.9 Å². The van der Waals surface area contributed by atoms with Crippen molar-refractivity contribution >= 4 is 37.5 Å². The summed E-state index contributed by atoms with van der Waals surface area (Å²) in [5, 5.41) is 1.74. The molecule has 2 N–H and O–H groups in total. The Morgan fingerprint density at radius 1 is 1.36 bits per heavy atom. The van der Waals surface area contributed by atoms with Crippen molar-refractivity contribution in [3.63, 3.8) is 0 Å². The fraction of sp³-hybridized carbons (Fsp3) is 0.235. The van der Waals surface area contributed by atoms with E-state index in [1.165, 1.54) is 42.3 Å². The minimum absolute atomic E-state index is 0.0222. The van der Waals surface area contributed by atoms with Crippen LogP contribution in [0.1, 0.15) is 12.7 Å². The fourth-order valence-corrected chi connectivity index (χ4v) is 4.64. The number of rotatable bonds is 6. The van der Waals surface area contributed by atoms with Gasteiger partial charge in [0.05, 0.1) is 18.1 Å². The first kappa shape index (κ1) is 20.1. The molecule has 0 aliphatic rings. The van der Waals surface area contributed by atoms with Crippen LogP contribution in [-0.4, -0.2) is 42.3 Å². The zero-order valence-electron chi connectivity index (χ0n) is 15.0. The Bertz CT molecular complexity index is 1190. The summed E-state index contributed by atoms with van der Waals surface area (Å²) in [6, 6.07) is 5.45. The smallest absolute Gasteiger partial charge is 0.268 e. The maximum absolute atomic E-state index is 13.8. The molecule has 1 amide bonds. The van der Waals surface area contributed by atoms with Gasteiger partial charge in [0, 0.05) is 7.05 Å². The molecular weight excluding hydrogens is 407 g/mol. The number of aromatic nitrogens is 2. The maximum atomic E-state index is 13.8. The number of carbonyl (C=O) groups is 1. The molecule has 0 spiro atoms. The van der Waals surface area contributed by atoms with Crippen LogP contribution < -0.4 is 10.3 Å². The number of aromatic amines is 1. The van der Waals surface area contributed by atoms with Gasteiger partial charge in [-0.2, -0.15) is 4.72 Å². The van der Waals surface area contributed by atoms with Gasteiger partial charge < -0.3 is 9.88 Å². The molecule has 0 saturated heterocycles. The molecule has 0 bridgehead atoms. The summed E-state index contributed by atoms with van der Waals surface area (Å²) in [5.41, 5.74) is 0.224. The fourth-order valence-electron chi connectivity index (χ4n) is 2.64. The van der Waals surface area contributed by atoms with Crippen LogP contribution in [0.3, 0.4) is 0 Å². The number of hydrogen-bond donors (Lipinski definition) is 2. The topological polar surface area (TPSA) is 112 Å². The predicted molar refractivity (Wildman–Crippen MR) is 103 cm³/mol. The Kier molecular flexibility index (Phi) is 5.59. The molecule has 28 heavy (non-hydrogen) atoms. The van der Waals surface area contributed by atoms with Gasteiger partial charge in [0.2, 0.25) is 15.9 Å². The number of nitrogens with zero attached hydrogens (tertiary/aromatic N) is 2. The van der Waals surface area contributed by atoms with Gasteiger partial charge in [-0.1, -0.05) is 12.1 Å². The second kappa shape index (κ2) is 7.78. The van der Waals surface area contributed by atoms with Gasteiger partial charge in [-0.25, -0.2) is 17.8 Å². The molecule has 2 heterocycles. The third-order valence-corrected chi connectivity index (χ3v) is 6.43. The molecule has 3 rings (SSSR count). The lowest BCUT2D eigenvalue weighted by Gasteiger charge is -2.21. The monoisotopic (exact) mass is 424 g/mol. The molecule has 0 aliphatic heterocycles. The Labute approximate surface area is 164 Å². The van der Waals surface area contributed by atoms with Gasteiger partial charge in [-0.05, 0) is 30.5 Å². The highest BCUT2D eigenvalue weighted by Crippen LogP contribution is 2.15. The summed E-state index contributed by atoms with van der Waals surface area (Å²) >= 11 is 1.26. The number of nitrogens with one attached hydrogen (secondary N) is 2. The lowest BCUT2D eigenvalue weighted by atomic mass is 10.3. The molecule has 11 heteroatoms. The van der Waals surface area contributed by atoms with Crippen molar-refractivity contribution in [1.29, 1.82) is 0 Å². The highest BCUT2D eigenvalue weighted by molar-refractivity contribution is 7.89. The van der Waals surface area contributed by atoms with Crippen LogP contribution in [0.5, 0.6) is 0 Å². The minimum atomic E-state index is -4.21. The minimum Gasteiger partial charge on any atom is -0.337 e. The third kappa shape index (κ3) is 4.11. The van der Waals surface area contributed by atoms with Crippen LogP contribution in [0.4, 0.5) is 4.39 Å². The van der Waals surface area contributed by atoms with Gasteiger partial charge in [-0.3, -0.25) is 9.59 Å². The van der Waals surface area contributed by atoms with Crippen molar-refractivity contribution in [2.24, 2.45) is 0 Å². The van der Waals surface area contributed by atoms with Crippen molar-refractivity contribution in [3.8, 4) is 0 Å². The van der Waals surface area contributed by atoms with Crippen LogP contribution in [0.2, 0.25) is 0 Å². The molecule has 0 saturated carbocycles. The average molecular weight is 424 g/mol. The van der Waals surface area contributed by atoms with E-state index < -0.39 is 32.7 Å². The predicted octanol–water partition coefficient (Wildman–Crippen LogP) is 1.45. The molecule has 0 unspecified atom stereocenters. The first-order chi connectivity index (χ1) is 13.2. The van der Waals surface area contributed by atoms with E-state index in [2.05, 4.69) is 14.7 Å². The second-order valence-electron chi connectivity index (χ2n) is 6.12. The molecule has 148 valence electrons. The van der Waals surface area contributed by atoms with E-state index in [1.807, 2.05) is 0 Å². The van der Waals surface area contributed by atoms with E-state index in [1.54, 1.807) is 11.4 Å². The maximum Gasteiger partial charge on any atom is 0.268 e. The Hall–Kier alpha value is -2.63. The van der Waals surface area contributed by atoms with Crippen LogP contribution in [0.15, 0.2) is 45.4 Å². The van der Waals surface area contributed by atoms with Crippen LogP contribution in [-0.2, 0) is 21.4 Å². The van der Waals surface area contributed by atoms with Crippen LogP contribution in [0.25, 0.3) is 10.2 Å². The molecule has 2 aromatic heterocycles. The standard InChI is InChI=1S/C17H17FN4O4S2/c1-10(21-28(25,26)13-6-4-3-5-11(13)18)17(24)22(2)9-14-19-12-7-8-27-15(12)16(23)20-14/h3-8,10,21H,9H2,1-2H3,(H,19,20,23)/t10-/m0/s1. The van der Waals surface area contributed by atoms with Gasteiger partial charge >= 0.3 is 0 Å². The number of amides is 1. The molecular formula is C17H17FN4O4S2. The summed E-state index contributed by atoms with van der Waals surface area (Å²) in [6.45, 7) is 1.33. The quantitative estimate of drug-likeness (QED) is 0.622. The summed E-state index contributed by atoms with van der Waals surface area (Å²) < 4.78 is 41.1. The number of hydrogen-bond acceptors (Lipinski definition) is 6. The van der Waals surface area contributed by atoms with Crippen molar-refractivity contribution in [2.75, 3.05) is 7.05 Å². The van der Waals surface area contributed by atoms with Gasteiger partial charge in [0.15, 0.2) is 0 Å². The van der Waals surface area contributed by atoms with Crippen molar-refractivity contribution in [2.45, 2.75) is 24.4 Å². The summed E-state index contributed by atoms with van der Waals surface area (Å²) in [4.78, 5) is 32.1. The summed E-state index contributed by atoms with van der Waals surface area (Å²) in [6.07, 6.45) is 0. The lowest BCUT2D eigenvalue weighted by Crippen LogP contribution is -2.45. The van der Waals surface area contributed by atoms with Crippen LogP contribution >= 0.6 is 11.3 Å². The average Bonchev–Trinajstić information content (AvgIpc) is 3.10. The molecule has 1 aromatic carbocycles. The number of fused-ring (bicyclic) bond motifs is 1. The zero-order valence-corrected chi connectivity index (χ0v) is 16.6. The summed E-state index contributed by atoms with van der Waals surface area (Å²) in [5.74, 6) is -1.20. The van der Waals surface area contributed by atoms with E-state index in [4.69, 9.17) is 0 Å². The first-order valence-electron chi connectivity index (χ1n) is 8.17. The Balaban J connectivity index is 1.73. The summed E-state index contributed by atoms with van der Waals surface area (Å²) in [7, 11) is -2.76.